The largest absolute Gasteiger partial charge is 0.465 e. The summed E-state index contributed by atoms with van der Waals surface area (Å²) >= 11 is 5.19. The smallest absolute Gasteiger partial charge is 0.342 e. The predicted octanol–water partition coefficient (Wildman–Crippen LogP) is 3.46. The monoisotopic (exact) mass is 288 g/mol. The number of esters is 1. The van der Waals surface area contributed by atoms with Crippen LogP contribution in [0.15, 0.2) is 24.3 Å². The Bertz CT molecular complexity index is 690. The number of aryl methyl sites for hydroxylation is 2. The maximum Gasteiger partial charge on any atom is 0.342 e. The number of carbonyl (C=O) groups excluding carboxylic acids is 1. The number of aromatic amines is 1. The minimum atomic E-state index is -0.468. The lowest BCUT2D eigenvalue weighted by molar-refractivity contribution is 0.0598. The first-order chi connectivity index (χ1) is 9.56. The summed E-state index contributed by atoms with van der Waals surface area (Å²) in [5.74, 6) is 0.187. The zero-order valence-corrected chi connectivity index (χ0v) is 12.5. The molecule has 0 spiro atoms. The first kappa shape index (κ1) is 14.4. The van der Waals surface area contributed by atoms with Gasteiger partial charge in [0.15, 0.2) is 0 Å². The molecule has 20 heavy (non-hydrogen) atoms. The Morgan fingerprint density at radius 2 is 2.00 bits per heavy atom. The lowest BCUT2D eigenvalue weighted by Gasteiger charge is -2.08. The number of ether oxygens (including phenoxy) is 1. The van der Waals surface area contributed by atoms with E-state index in [1.165, 1.54) is 12.7 Å². The minimum absolute atomic E-state index is 0.252. The third-order valence-electron chi connectivity index (χ3n) is 3.13. The van der Waals surface area contributed by atoms with E-state index in [1.807, 2.05) is 12.1 Å². The summed E-state index contributed by atoms with van der Waals surface area (Å²) in [6.07, 6.45) is 0.990. The molecular weight excluding hydrogens is 272 g/mol. The van der Waals surface area contributed by atoms with Crippen LogP contribution in [0.25, 0.3) is 11.4 Å². The van der Waals surface area contributed by atoms with Gasteiger partial charge in [-0.15, -0.1) is 0 Å². The number of carbonyl (C=O) groups is 1. The summed E-state index contributed by atoms with van der Waals surface area (Å²) in [7, 11) is 1.33. The molecule has 0 aliphatic carbocycles. The average Bonchev–Trinajstić information content (AvgIpc) is 2.46. The van der Waals surface area contributed by atoms with E-state index in [0.29, 0.717) is 17.1 Å². The summed E-state index contributed by atoms with van der Waals surface area (Å²) in [5, 5.41) is 0. The Morgan fingerprint density at radius 3 is 2.50 bits per heavy atom. The van der Waals surface area contributed by atoms with Crippen LogP contribution in [0.1, 0.15) is 28.5 Å². The van der Waals surface area contributed by atoms with Gasteiger partial charge in [-0.2, -0.15) is 0 Å². The normalized spacial score (nSPS) is 10.3. The van der Waals surface area contributed by atoms with Crippen LogP contribution in [0.3, 0.4) is 0 Å². The van der Waals surface area contributed by atoms with Crippen molar-refractivity contribution >= 4 is 18.2 Å². The molecule has 2 rings (SSSR count). The zero-order chi connectivity index (χ0) is 14.7. The zero-order valence-electron chi connectivity index (χ0n) is 11.7. The molecule has 4 nitrogen and oxygen atoms in total. The van der Waals surface area contributed by atoms with Crippen LogP contribution >= 0.6 is 12.2 Å². The van der Waals surface area contributed by atoms with Crippen molar-refractivity contribution in [3.63, 3.8) is 0 Å². The summed E-state index contributed by atoms with van der Waals surface area (Å²) in [5.41, 5.74) is 3.17. The second-order valence-electron chi connectivity index (χ2n) is 4.43. The first-order valence-corrected chi connectivity index (χ1v) is 6.76. The van der Waals surface area contributed by atoms with Gasteiger partial charge >= 0.3 is 5.97 Å². The van der Waals surface area contributed by atoms with Crippen molar-refractivity contribution in [3.8, 4) is 11.4 Å². The Morgan fingerprint density at radius 1 is 1.35 bits per heavy atom. The molecule has 1 aromatic heterocycles. The third-order valence-corrected chi connectivity index (χ3v) is 3.43. The fourth-order valence-electron chi connectivity index (χ4n) is 1.96. The Labute approximate surface area is 122 Å². The Balaban J connectivity index is 2.49. The topological polar surface area (TPSA) is 55.0 Å². The Hall–Kier alpha value is -2.01. The second kappa shape index (κ2) is 5.96. The summed E-state index contributed by atoms with van der Waals surface area (Å²) in [6, 6.07) is 8.09. The highest BCUT2D eigenvalue weighted by Crippen LogP contribution is 2.18. The predicted molar refractivity (Wildman–Crippen MR) is 80.3 cm³/mol. The molecular formula is C15H16N2O2S. The van der Waals surface area contributed by atoms with Gasteiger partial charge in [-0.05, 0) is 18.9 Å². The number of nitrogens with one attached hydrogen (secondary N) is 1. The molecule has 2 aromatic rings. The highest BCUT2D eigenvalue weighted by Gasteiger charge is 2.14. The maximum atomic E-state index is 11.6. The van der Waals surface area contributed by atoms with Gasteiger partial charge in [0.25, 0.3) is 0 Å². The Kier molecular flexibility index (Phi) is 4.29. The van der Waals surface area contributed by atoms with Gasteiger partial charge in [0, 0.05) is 11.3 Å². The van der Waals surface area contributed by atoms with E-state index in [2.05, 4.69) is 29.0 Å². The van der Waals surface area contributed by atoms with Crippen molar-refractivity contribution in [2.75, 3.05) is 7.11 Å². The van der Waals surface area contributed by atoms with Gasteiger partial charge in [-0.3, -0.25) is 0 Å². The molecule has 0 amide bonds. The van der Waals surface area contributed by atoms with Crippen molar-refractivity contribution in [3.05, 3.63) is 45.7 Å². The van der Waals surface area contributed by atoms with Gasteiger partial charge < -0.3 is 9.72 Å². The van der Waals surface area contributed by atoms with Crippen LogP contribution in [0, 0.1) is 11.6 Å². The fourth-order valence-corrected chi connectivity index (χ4v) is 2.29. The van der Waals surface area contributed by atoms with Crippen molar-refractivity contribution in [2.24, 2.45) is 0 Å². The number of nitrogens with zero attached hydrogens (tertiary/aromatic N) is 1. The molecule has 0 unspecified atom stereocenters. The molecule has 0 saturated carbocycles. The van der Waals surface area contributed by atoms with Crippen LogP contribution in [-0.4, -0.2) is 23.0 Å². The highest BCUT2D eigenvalue weighted by molar-refractivity contribution is 7.71. The SMILES string of the molecule is CCc1ccc(-c2nc(=S)c(C(=O)OC)c(C)[nH]2)cc1. The molecule has 104 valence electrons. The number of benzene rings is 1. The molecule has 1 heterocycles. The number of hydrogen-bond donors (Lipinski definition) is 1. The number of rotatable bonds is 3. The number of hydrogen-bond acceptors (Lipinski definition) is 4. The van der Waals surface area contributed by atoms with Gasteiger partial charge in [-0.25, -0.2) is 9.78 Å². The van der Waals surface area contributed by atoms with E-state index in [0.717, 1.165) is 12.0 Å². The number of H-pyrrole nitrogens is 1. The molecule has 0 aliphatic heterocycles. The van der Waals surface area contributed by atoms with Gasteiger partial charge in [0.1, 0.15) is 16.0 Å². The van der Waals surface area contributed by atoms with Crippen LogP contribution in [0.5, 0.6) is 0 Å². The van der Waals surface area contributed by atoms with E-state index >= 15 is 0 Å². The van der Waals surface area contributed by atoms with Crippen LogP contribution < -0.4 is 0 Å². The van der Waals surface area contributed by atoms with E-state index in [1.54, 1.807) is 6.92 Å². The van der Waals surface area contributed by atoms with Gasteiger partial charge in [-0.1, -0.05) is 43.4 Å². The molecule has 0 radical (unpaired) electrons. The van der Waals surface area contributed by atoms with E-state index in [4.69, 9.17) is 17.0 Å². The molecule has 5 heteroatoms. The third kappa shape index (κ3) is 2.77. The summed E-state index contributed by atoms with van der Waals surface area (Å²) < 4.78 is 4.96. The van der Waals surface area contributed by atoms with Crippen LogP contribution in [0.4, 0.5) is 0 Å². The van der Waals surface area contributed by atoms with Gasteiger partial charge in [0.2, 0.25) is 0 Å². The lowest BCUT2D eigenvalue weighted by Crippen LogP contribution is -2.08. The molecule has 0 bridgehead atoms. The standard InChI is InChI=1S/C15H16N2O2S/c1-4-10-5-7-11(8-6-10)13-16-9(2)12(14(20)17-13)15(18)19-3/h5-8H,4H2,1-3H3,(H,16,17,20). The molecule has 0 aliphatic rings. The van der Waals surface area contributed by atoms with Crippen molar-refractivity contribution in [1.82, 2.24) is 9.97 Å². The first-order valence-electron chi connectivity index (χ1n) is 6.35. The second-order valence-corrected chi connectivity index (χ2v) is 4.82. The molecule has 0 saturated heterocycles. The van der Waals surface area contributed by atoms with Crippen LogP contribution in [-0.2, 0) is 11.2 Å². The fraction of sp³-hybridized carbons (Fsp3) is 0.267. The quantitative estimate of drug-likeness (QED) is 0.694. The molecule has 0 atom stereocenters. The molecule has 1 aromatic carbocycles. The molecule has 0 fully saturated rings. The molecule has 1 N–H and O–H groups in total. The summed E-state index contributed by atoms with van der Waals surface area (Å²) in [6.45, 7) is 3.89. The van der Waals surface area contributed by atoms with Crippen molar-refractivity contribution < 1.29 is 9.53 Å². The maximum absolute atomic E-state index is 11.6. The van der Waals surface area contributed by atoms with E-state index in [-0.39, 0.29) is 4.64 Å². The number of aromatic nitrogens is 2. The van der Waals surface area contributed by atoms with E-state index in [9.17, 15) is 4.79 Å². The van der Waals surface area contributed by atoms with E-state index < -0.39 is 5.97 Å². The highest BCUT2D eigenvalue weighted by atomic mass is 32.1. The lowest BCUT2D eigenvalue weighted by atomic mass is 10.1. The van der Waals surface area contributed by atoms with Crippen molar-refractivity contribution in [2.45, 2.75) is 20.3 Å². The minimum Gasteiger partial charge on any atom is -0.465 e. The van der Waals surface area contributed by atoms with Crippen LogP contribution in [0.2, 0.25) is 0 Å². The average molecular weight is 288 g/mol. The number of methoxy groups -OCH3 is 1. The summed E-state index contributed by atoms with van der Waals surface area (Å²) in [4.78, 5) is 19.0. The van der Waals surface area contributed by atoms with Gasteiger partial charge in [0.05, 0.1) is 7.11 Å². The van der Waals surface area contributed by atoms with Crippen molar-refractivity contribution in [1.29, 1.82) is 0 Å².